The van der Waals surface area contributed by atoms with Crippen LogP contribution in [0.4, 0.5) is 0 Å². The molecule has 22 heavy (non-hydrogen) atoms. The number of nitrogens with one attached hydrogen (secondary N) is 2. The molecular formula is C15H31N2O4P. The predicted octanol–water partition coefficient (Wildman–Crippen LogP) is 2.13. The molecule has 7 heteroatoms. The van der Waals surface area contributed by atoms with Gasteiger partial charge >= 0.3 is 0 Å². The lowest BCUT2D eigenvalue weighted by Crippen LogP contribution is -2.48. The quantitative estimate of drug-likeness (QED) is 0.686. The van der Waals surface area contributed by atoms with Gasteiger partial charge in [0, 0.05) is 12.6 Å². The summed E-state index contributed by atoms with van der Waals surface area (Å²) in [6, 6.07) is -0.594. The van der Waals surface area contributed by atoms with Crippen molar-refractivity contribution in [2.75, 3.05) is 19.4 Å². The van der Waals surface area contributed by atoms with Crippen LogP contribution in [0.5, 0.6) is 0 Å². The van der Waals surface area contributed by atoms with Crippen LogP contribution in [0, 0.1) is 11.8 Å². The molecule has 0 aromatic rings. The van der Waals surface area contributed by atoms with Crippen LogP contribution in [0.25, 0.3) is 0 Å². The summed E-state index contributed by atoms with van der Waals surface area (Å²) in [7, 11) is -3.56. The number of hydrogen-bond donors (Lipinski definition) is 3. The first-order chi connectivity index (χ1) is 10.2. The highest BCUT2D eigenvalue weighted by molar-refractivity contribution is 7.55. The normalized spacial score (nSPS) is 31.9. The molecular weight excluding hydrogens is 303 g/mol. The second-order valence-corrected chi connectivity index (χ2v) is 9.08. The van der Waals surface area contributed by atoms with E-state index in [-0.39, 0.29) is 30.6 Å². The SMILES string of the molecule is CC(C)CC1CCOCCP(=O)(O)N[C@@H](CC(C)C)C(=O)N1. The van der Waals surface area contributed by atoms with Gasteiger partial charge in [0.05, 0.1) is 18.8 Å². The predicted molar refractivity (Wildman–Crippen MR) is 87.9 cm³/mol. The summed E-state index contributed by atoms with van der Waals surface area (Å²) in [6.07, 6.45) is 2.17. The highest BCUT2D eigenvalue weighted by atomic mass is 31.2. The molecule has 3 N–H and O–H groups in total. The van der Waals surface area contributed by atoms with Gasteiger partial charge < -0.3 is 14.9 Å². The average molecular weight is 334 g/mol. The summed E-state index contributed by atoms with van der Waals surface area (Å²) < 4.78 is 17.6. The zero-order valence-corrected chi connectivity index (χ0v) is 15.1. The number of hydrogen-bond acceptors (Lipinski definition) is 3. The maximum absolute atomic E-state index is 12.5. The van der Waals surface area contributed by atoms with Gasteiger partial charge in [-0.3, -0.25) is 9.36 Å². The van der Waals surface area contributed by atoms with Crippen molar-refractivity contribution in [3.8, 4) is 0 Å². The van der Waals surface area contributed by atoms with Crippen molar-refractivity contribution < 1.29 is 19.0 Å². The van der Waals surface area contributed by atoms with Gasteiger partial charge in [-0.1, -0.05) is 27.7 Å². The molecule has 6 nitrogen and oxygen atoms in total. The van der Waals surface area contributed by atoms with Crippen LogP contribution >= 0.6 is 7.52 Å². The lowest BCUT2D eigenvalue weighted by atomic mass is 9.99. The Hall–Kier alpha value is -0.420. The van der Waals surface area contributed by atoms with Gasteiger partial charge in [-0.05, 0) is 31.1 Å². The molecule has 1 rings (SSSR count). The van der Waals surface area contributed by atoms with Crippen molar-refractivity contribution in [2.45, 2.75) is 59.0 Å². The average Bonchev–Trinajstić information content (AvgIpc) is 2.36. The lowest BCUT2D eigenvalue weighted by molar-refractivity contribution is -0.124. The number of ether oxygens (including phenoxy) is 1. The van der Waals surface area contributed by atoms with Crippen molar-refractivity contribution in [3.05, 3.63) is 0 Å². The van der Waals surface area contributed by atoms with Crippen LogP contribution in [0.2, 0.25) is 0 Å². The van der Waals surface area contributed by atoms with E-state index in [9.17, 15) is 14.3 Å². The zero-order chi connectivity index (χ0) is 16.8. The minimum Gasteiger partial charge on any atom is -0.381 e. The van der Waals surface area contributed by atoms with Crippen LogP contribution in [-0.2, 0) is 14.1 Å². The summed E-state index contributed by atoms with van der Waals surface area (Å²) >= 11 is 0. The van der Waals surface area contributed by atoms with E-state index in [1.165, 1.54) is 0 Å². The van der Waals surface area contributed by atoms with Crippen molar-refractivity contribution in [1.82, 2.24) is 10.4 Å². The summed E-state index contributed by atoms with van der Waals surface area (Å²) in [5, 5.41) is 5.69. The summed E-state index contributed by atoms with van der Waals surface area (Å²) in [6.45, 7) is 8.95. The van der Waals surface area contributed by atoms with Gasteiger partial charge in [0.25, 0.3) is 7.52 Å². The second kappa shape index (κ2) is 9.02. The van der Waals surface area contributed by atoms with Crippen LogP contribution in [0.1, 0.15) is 47.0 Å². The fourth-order valence-electron chi connectivity index (χ4n) is 2.63. The third-order valence-electron chi connectivity index (χ3n) is 3.63. The molecule has 2 unspecified atom stereocenters. The van der Waals surface area contributed by atoms with Gasteiger partial charge in [0.2, 0.25) is 5.91 Å². The molecule has 1 aliphatic rings. The number of carbonyl (C=O) groups is 1. The molecule has 0 aromatic carbocycles. The smallest absolute Gasteiger partial charge is 0.270 e. The van der Waals surface area contributed by atoms with Crippen LogP contribution in [-0.4, -0.2) is 42.3 Å². The molecule has 0 aromatic heterocycles. The Balaban J connectivity index is 2.86. The van der Waals surface area contributed by atoms with Crippen molar-refractivity contribution in [3.63, 3.8) is 0 Å². The van der Waals surface area contributed by atoms with Crippen molar-refractivity contribution >= 4 is 13.4 Å². The van der Waals surface area contributed by atoms with Gasteiger partial charge in [0.15, 0.2) is 0 Å². The maximum Gasteiger partial charge on any atom is 0.270 e. The Morgan fingerprint density at radius 2 is 1.86 bits per heavy atom. The highest BCUT2D eigenvalue weighted by Gasteiger charge is 2.30. The van der Waals surface area contributed by atoms with Gasteiger partial charge in [0.1, 0.15) is 0 Å². The van der Waals surface area contributed by atoms with E-state index in [0.29, 0.717) is 18.9 Å². The summed E-state index contributed by atoms with van der Waals surface area (Å²) in [5.74, 6) is 0.541. The van der Waals surface area contributed by atoms with E-state index < -0.39 is 13.6 Å². The van der Waals surface area contributed by atoms with Gasteiger partial charge in [-0.15, -0.1) is 0 Å². The number of amides is 1. The first-order valence-corrected chi connectivity index (χ1v) is 10.0. The molecule has 1 heterocycles. The first kappa shape index (κ1) is 19.6. The van der Waals surface area contributed by atoms with E-state index in [1.54, 1.807) is 0 Å². The lowest BCUT2D eigenvalue weighted by Gasteiger charge is -2.26. The molecule has 3 atom stereocenters. The molecule has 1 amide bonds. The third kappa shape index (κ3) is 7.73. The molecule has 130 valence electrons. The van der Waals surface area contributed by atoms with Gasteiger partial charge in [-0.25, -0.2) is 5.09 Å². The first-order valence-electron chi connectivity index (χ1n) is 8.17. The minimum absolute atomic E-state index is 0.0315. The maximum atomic E-state index is 12.5. The number of rotatable bonds is 4. The molecule has 0 spiro atoms. The fourth-order valence-corrected chi connectivity index (χ4v) is 3.85. The van der Waals surface area contributed by atoms with Crippen LogP contribution < -0.4 is 10.4 Å². The standard InChI is InChI=1S/C15H31N2O4P/c1-11(2)9-13-5-6-21-7-8-22(19,20)17-14(10-12(3)4)15(18)16-13/h11-14H,5-10H2,1-4H3,(H,16,18)(H2,17,19,20)/t13?,14-/m0/s1. The van der Waals surface area contributed by atoms with E-state index in [0.717, 1.165) is 12.8 Å². The number of carbonyl (C=O) groups excluding carboxylic acids is 1. The summed E-state index contributed by atoms with van der Waals surface area (Å²) in [4.78, 5) is 22.5. The third-order valence-corrected chi connectivity index (χ3v) is 5.14. The van der Waals surface area contributed by atoms with E-state index in [4.69, 9.17) is 4.74 Å². The Bertz CT molecular complexity index is 401. The van der Waals surface area contributed by atoms with E-state index in [1.807, 2.05) is 13.8 Å². The highest BCUT2D eigenvalue weighted by Crippen LogP contribution is 2.36. The zero-order valence-electron chi connectivity index (χ0n) is 14.2. The molecule has 0 saturated carbocycles. The second-order valence-electron chi connectivity index (χ2n) is 6.97. The van der Waals surface area contributed by atoms with Gasteiger partial charge in [-0.2, -0.15) is 0 Å². The van der Waals surface area contributed by atoms with Crippen molar-refractivity contribution in [2.24, 2.45) is 11.8 Å². The molecule has 0 bridgehead atoms. The largest absolute Gasteiger partial charge is 0.381 e. The molecule has 1 fully saturated rings. The van der Waals surface area contributed by atoms with Crippen LogP contribution in [0.15, 0.2) is 0 Å². The van der Waals surface area contributed by atoms with E-state index in [2.05, 4.69) is 24.3 Å². The Labute approximate surface area is 133 Å². The minimum atomic E-state index is -3.56. The molecule has 1 aliphatic heterocycles. The molecule has 0 radical (unpaired) electrons. The van der Waals surface area contributed by atoms with Crippen LogP contribution in [0.3, 0.4) is 0 Å². The molecule has 0 aliphatic carbocycles. The Morgan fingerprint density at radius 3 is 2.45 bits per heavy atom. The Morgan fingerprint density at radius 1 is 1.23 bits per heavy atom. The van der Waals surface area contributed by atoms with Crippen molar-refractivity contribution in [1.29, 1.82) is 0 Å². The topological polar surface area (TPSA) is 87.7 Å². The van der Waals surface area contributed by atoms with E-state index >= 15 is 0 Å². The Kier molecular flexibility index (Phi) is 8.04. The fraction of sp³-hybridized carbons (Fsp3) is 0.933. The monoisotopic (exact) mass is 334 g/mol. The molecule has 1 saturated heterocycles. The summed E-state index contributed by atoms with van der Waals surface area (Å²) in [5.41, 5.74) is 0.